The maximum Gasteiger partial charge on any atom is 0.407 e. The third-order valence-corrected chi connectivity index (χ3v) is 3.20. The Morgan fingerprint density at radius 1 is 1.25 bits per heavy atom. The van der Waals surface area contributed by atoms with E-state index in [0.29, 0.717) is 36.1 Å². The van der Waals surface area contributed by atoms with Crippen LogP contribution in [0.15, 0.2) is 18.2 Å². The van der Waals surface area contributed by atoms with E-state index >= 15 is 0 Å². The summed E-state index contributed by atoms with van der Waals surface area (Å²) in [5, 5.41) is 9.33. The molecular weight excluding hydrogens is 330 g/mol. The van der Waals surface area contributed by atoms with Gasteiger partial charge in [-0.2, -0.15) is 0 Å². The van der Waals surface area contributed by atoms with Crippen molar-refractivity contribution < 1.29 is 19.0 Å². The monoisotopic (exact) mass is 353 g/mol. The standard InChI is InChI=1S/C16H23N3O4S/c1-16(2,3)23-15(20)18-9-5-8-17-14(24)19-11-6-4-7-12-13(11)22-10-21-12/h4,6-7H,5,8-10H2,1-3H3,(H,18,20)(H2,17,19,24). The van der Waals surface area contributed by atoms with Crippen LogP contribution in [-0.2, 0) is 4.74 Å². The molecule has 2 rings (SSSR count). The molecule has 0 saturated carbocycles. The average molecular weight is 353 g/mol. The number of carbonyl (C=O) groups is 1. The van der Waals surface area contributed by atoms with Crippen molar-refractivity contribution in [3.63, 3.8) is 0 Å². The maximum atomic E-state index is 11.5. The lowest BCUT2D eigenvalue weighted by atomic mass is 10.2. The van der Waals surface area contributed by atoms with Gasteiger partial charge in [0.2, 0.25) is 6.79 Å². The van der Waals surface area contributed by atoms with E-state index in [1.807, 2.05) is 39.0 Å². The molecule has 0 unspecified atom stereocenters. The molecule has 24 heavy (non-hydrogen) atoms. The van der Waals surface area contributed by atoms with Crippen LogP contribution in [0, 0.1) is 0 Å². The first kappa shape index (κ1) is 18.1. The number of anilines is 1. The third kappa shape index (κ3) is 5.77. The van der Waals surface area contributed by atoms with Crippen LogP contribution in [0.1, 0.15) is 27.2 Å². The number of hydrogen-bond acceptors (Lipinski definition) is 5. The predicted molar refractivity (Wildman–Crippen MR) is 95.6 cm³/mol. The summed E-state index contributed by atoms with van der Waals surface area (Å²) in [6.07, 6.45) is 0.299. The highest BCUT2D eigenvalue weighted by molar-refractivity contribution is 7.80. The fraction of sp³-hybridized carbons (Fsp3) is 0.500. The smallest absolute Gasteiger partial charge is 0.407 e. The molecule has 0 fully saturated rings. The molecule has 0 bridgehead atoms. The first-order valence-corrected chi connectivity index (χ1v) is 8.16. The average Bonchev–Trinajstić information content (AvgIpc) is 2.94. The molecule has 0 radical (unpaired) electrons. The Balaban J connectivity index is 1.64. The zero-order valence-electron chi connectivity index (χ0n) is 14.1. The van der Waals surface area contributed by atoms with Gasteiger partial charge in [0, 0.05) is 13.1 Å². The van der Waals surface area contributed by atoms with Crippen LogP contribution in [0.3, 0.4) is 0 Å². The van der Waals surface area contributed by atoms with Gasteiger partial charge in [-0.3, -0.25) is 0 Å². The predicted octanol–water partition coefficient (Wildman–Crippen LogP) is 2.62. The Bertz CT molecular complexity index is 601. The van der Waals surface area contributed by atoms with Crippen molar-refractivity contribution in [2.45, 2.75) is 32.8 Å². The molecule has 0 saturated heterocycles. The lowest BCUT2D eigenvalue weighted by molar-refractivity contribution is 0.0527. The highest BCUT2D eigenvalue weighted by Crippen LogP contribution is 2.38. The number of nitrogens with one attached hydrogen (secondary N) is 3. The van der Waals surface area contributed by atoms with Gasteiger partial charge in [0.15, 0.2) is 16.6 Å². The van der Waals surface area contributed by atoms with Crippen LogP contribution in [0.25, 0.3) is 0 Å². The van der Waals surface area contributed by atoms with Crippen molar-refractivity contribution >= 4 is 29.1 Å². The normalized spacial score (nSPS) is 12.5. The van der Waals surface area contributed by atoms with Gasteiger partial charge < -0.3 is 30.2 Å². The summed E-state index contributed by atoms with van der Waals surface area (Å²) in [4.78, 5) is 11.5. The molecule has 1 aliphatic heterocycles. The number of para-hydroxylation sites is 1. The number of ether oxygens (including phenoxy) is 3. The zero-order chi connectivity index (χ0) is 17.6. The van der Waals surface area contributed by atoms with Crippen LogP contribution in [-0.4, -0.2) is 36.7 Å². The molecule has 1 aromatic rings. The Morgan fingerprint density at radius 3 is 2.75 bits per heavy atom. The zero-order valence-corrected chi connectivity index (χ0v) is 14.9. The fourth-order valence-electron chi connectivity index (χ4n) is 1.99. The highest BCUT2D eigenvalue weighted by atomic mass is 32.1. The third-order valence-electron chi connectivity index (χ3n) is 2.95. The van der Waals surface area contributed by atoms with Crippen molar-refractivity contribution in [1.29, 1.82) is 0 Å². The Morgan fingerprint density at radius 2 is 2.00 bits per heavy atom. The molecule has 132 valence electrons. The summed E-state index contributed by atoms with van der Waals surface area (Å²) in [5.74, 6) is 1.36. The summed E-state index contributed by atoms with van der Waals surface area (Å²) in [7, 11) is 0. The molecule has 0 aliphatic carbocycles. The van der Waals surface area contributed by atoms with E-state index in [1.165, 1.54) is 0 Å². The van der Waals surface area contributed by atoms with Crippen LogP contribution in [0.5, 0.6) is 11.5 Å². The molecule has 3 N–H and O–H groups in total. The summed E-state index contributed by atoms with van der Waals surface area (Å²) >= 11 is 5.25. The van der Waals surface area contributed by atoms with Gasteiger partial charge >= 0.3 is 6.09 Å². The second-order valence-electron chi connectivity index (χ2n) is 6.20. The van der Waals surface area contributed by atoms with E-state index in [4.69, 9.17) is 26.4 Å². The van der Waals surface area contributed by atoms with Crippen molar-refractivity contribution in [2.75, 3.05) is 25.2 Å². The molecule has 0 aromatic heterocycles. The molecule has 0 atom stereocenters. The van der Waals surface area contributed by atoms with Crippen LogP contribution >= 0.6 is 12.2 Å². The van der Waals surface area contributed by atoms with Gasteiger partial charge in [0.1, 0.15) is 5.60 Å². The number of amides is 1. The molecule has 1 aliphatic rings. The topological polar surface area (TPSA) is 80.9 Å². The highest BCUT2D eigenvalue weighted by Gasteiger charge is 2.18. The van der Waals surface area contributed by atoms with Gasteiger partial charge in [-0.25, -0.2) is 4.79 Å². The second-order valence-corrected chi connectivity index (χ2v) is 6.61. The van der Waals surface area contributed by atoms with Gasteiger partial charge in [0.05, 0.1) is 5.69 Å². The minimum Gasteiger partial charge on any atom is -0.454 e. The largest absolute Gasteiger partial charge is 0.454 e. The quantitative estimate of drug-likeness (QED) is 0.554. The minimum atomic E-state index is -0.491. The van der Waals surface area contributed by atoms with Crippen LogP contribution in [0.2, 0.25) is 0 Å². The van der Waals surface area contributed by atoms with Crippen LogP contribution in [0.4, 0.5) is 10.5 Å². The first-order valence-electron chi connectivity index (χ1n) is 7.75. The SMILES string of the molecule is CC(C)(C)OC(=O)NCCCNC(=S)Nc1cccc2c1OCO2. The number of alkyl carbamates (subject to hydrolysis) is 1. The van der Waals surface area contributed by atoms with Crippen molar-refractivity contribution in [3.8, 4) is 11.5 Å². The van der Waals surface area contributed by atoms with E-state index in [1.54, 1.807) is 0 Å². The molecule has 1 aromatic carbocycles. The first-order chi connectivity index (χ1) is 11.3. The van der Waals surface area contributed by atoms with Crippen molar-refractivity contribution in [3.05, 3.63) is 18.2 Å². The molecule has 8 heteroatoms. The lowest BCUT2D eigenvalue weighted by Gasteiger charge is -2.19. The maximum absolute atomic E-state index is 11.5. The lowest BCUT2D eigenvalue weighted by Crippen LogP contribution is -2.35. The van der Waals surface area contributed by atoms with E-state index in [9.17, 15) is 4.79 Å². The van der Waals surface area contributed by atoms with E-state index in [2.05, 4.69) is 16.0 Å². The Labute approximate surface area is 147 Å². The fourth-order valence-corrected chi connectivity index (χ4v) is 2.20. The minimum absolute atomic E-state index is 0.213. The van der Waals surface area contributed by atoms with Crippen LogP contribution < -0.4 is 25.4 Å². The van der Waals surface area contributed by atoms with Gasteiger partial charge in [-0.15, -0.1) is 0 Å². The van der Waals surface area contributed by atoms with Crippen molar-refractivity contribution in [2.24, 2.45) is 0 Å². The Hall–Kier alpha value is -2.22. The molecule has 7 nitrogen and oxygen atoms in total. The molecular formula is C16H23N3O4S. The summed E-state index contributed by atoms with van der Waals surface area (Å²) < 4.78 is 15.9. The Kier molecular flexibility index (Phi) is 6.08. The van der Waals surface area contributed by atoms with E-state index in [0.717, 1.165) is 5.69 Å². The van der Waals surface area contributed by atoms with Crippen molar-refractivity contribution in [1.82, 2.24) is 10.6 Å². The summed E-state index contributed by atoms with van der Waals surface area (Å²) in [5.41, 5.74) is 0.268. The van der Waals surface area contributed by atoms with Gasteiger partial charge in [-0.1, -0.05) is 6.07 Å². The molecule has 1 amide bonds. The van der Waals surface area contributed by atoms with E-state index < -0.39 is 11.7 Å². The number of carbonyl (C=O) groups excluding carboxylic acids is 1. The number of rotatable bonds is 5. The number of hydrogen-bond donors (Lipinski definition) is 3. The number of fused-ring (bicyclic) bond motifs is 1. The van der Waals surface area contributed by atoms with E-state index in [-0.39, 0.29) is 6.79 Å². The number of benzene rings is 1. The van der Waals surface area contributed by atoms with Gasteiger partial charge in [-0.05, 0) is 51.5 Å². The molecule has 0 spiro atoms. The summed E-state index contributed by atoms with van der Waals surface area (Å²) in [6, 6.07) is 5.57. The molecule has 1 heterocycles. The second kappa shape index (κ2) is 8.05. The van der Waals surface area contributed by atoms with Gasteiger partial charge in [0.25, 0.3) is 0 Å². The summed E-state index contributed by atoms with van der Waals surface area (Å²) in [6.45, 7) is 6.81. The number of thiocarbonyl (C=S) groups is 1.